The van der Waals surface area contributed by atoms with E-state index in [2.05, 4.69) is 20.5 Å². The highest BCUT2D eigenvalue weighted by molar-refractivity contribution is 5.82. The van der Waals surface area contributed by atoms with E-state index in [0.29, 0.717) is 0 Å². The Bertz CT molecular complexity index is 656. The molecule has 6 nitrogen and oxygen atoms in total. The van der Waals surface area contributed by atoms with Gasteiger partial charge in [0.05, 0.1) is 17.9 Å². The zero-order valence-electron chi connectivity index (χ0n) is 8.87. The molecule has 3 heterocycles. The van der Waals surface area contributed by atoms with Crippen LogP contribution in [0, 0.1) is 4.91 Å². The lowest BCUT2D eigenvalue weighted by Crippen LogP contribution is -1.96. The maximum absolute atomic E-state index is 10.5. The smallest absolute Gasteiger partial charge is 0.108 e. The van der Waals surface area contributed by atoms with Gasteiger partial charge >= 0.3 is 0 Å². The standard InChI is InChI=1S/C11H9N5O/c17-15-7-9-6-14-16-3-1-2-10(16)11(9)8-4-12-13-5-8/h1-6H,7H2,(H,12,13). The lowest BCUT2D eigenvalue weighted by molar-refractivity contribution is 0.912. The third kappa shape index (κ3) is 1.50. The van der Waals surface area contributed by atoms with Gasteiger partial charge < -0.3 is 0 Å². The van der Waals surface area contributed by atoms with Gasteiger partial charge in [0.15, 0.2) is 0 Å². The molecular formula is C11H9N5O. The highest BCUT2D eigenvalue weighted by Gasteiger charge is 2.12. The van der Waals surface area contributed by atoms with Crippen LogP contribution in [0.2, 0.25) is 0 Å². The van der Waals surface area contributed by atoms with E-state index in [0.717, 1.165) is 22.2 Å². The normalized spacial score (nSPS) is 10.8. The minimum Gasteiger partial charge on any atom is -0.285 e. The topological polar surface area (TPSA) is 75.4 Å². The van der Waals surface area contributed by atoms with Crippen LogP contribution in [0.5, 0.6) is 0 Å². The summed E-state index contributed by atoms with van der Waals surface area (Å²) >= 11 is 0. The number of nitrogens with zero attached hydrogens (tertiary/aromatic N) is 4. The predicted octanol–water partition coefficient (Wildman–Crippen LogP) is 1.99. The molecule has 3 rings (SSSR count). The van der Waals surface area contributed by atoms with E-state index in [1.165, 1.54) is 0 Å². The molecule has 0 bridgehead atoms. The number of nitrogens with one attached hydrogen (secondary N) is 1. The summed E-state index contributed by atoms with van der Waals surface area (Å²) in [6.07, 6.45) is 7.03. The SMILES string of the molecule is O=NCc1cnn2cccc2c1-c1cn[nH]c1. The molecule has 0 aliphatic heterocycles. The van der Waals surface area contributed by atoms with Crippen LogP contribution in [0.3, 0.4) is 0 Å². The van der Waals surface area contributed by atoms with Gasteiger partial charge in [0.1, 0.15) is 6.54 Å². The van der Waals surface area contributed by atoms with Crippen LogP contribution in [-0.2, 0) is 6.54 Å². The molecule has 1 N–H and O–H groups in total. The molecule has 6 heteroatoms. The van der Waals surface area contributed by atoms with Crippen molar-refractivity contribution in [2.24, 2.45) is 5.18 Å². The van der Waals surface area contributed by atoms with Crippen LogP contribution in [-0.4, -0.2) is 19.8 Å². The zero-order valence-corrected chi connectivity index (χ0v) is 8.87. The fourth-order valence-corrected chi connectivity index (χ4v) is 1.94. The Hall–Kier alpha value is -2.50. The predicted molar refractivity (Wildman–Crippen MR) is 62.3 cm³/mol. The van der Waals surface area contributed by atoms with Crippen LogP contribution >= 0.6 is 0 Å². The molecule has 0 fully saturated rings. The van der Waals surface area contributed by atoms with Gasteiger partial charge in [-0.3, -0.25) is 5.10 Å². The molecule has 0 radical (unpaired) electrons. The average Bonchev–Trinajstić information content (AvgIpc) is 2.99. The van der Waals surface area contributed by atoms with E-state index >= 15 is 0 Å². The maximum atomic E-state index is 10.5. The summed E-state index contributed by atoms with van der Waals surface area (Å²) in [7, 11) is 0. The minimum atomic E-state index is 0.106. The second-order valence-corrected chi connectivity index (χ2v) is 3.66. The Morgan fingerprint density at radius 1 is 1.41 bits per heavy atom. The Balaban J connectivity index is 2.33. The van der Waals surface area contributed by atoms with E-state index < -0.39 is 0 Å². The molecule has 0 aliphatic rings. The third-order valence-corrected chi connectivity index (χ3v) is 2.67. The quantitative estimate of drug-likeness (QED) is 0.695. The number of aromatic nitrogens is 4. The number of rotatable bonds is 3. The van der Waals surface area contributed by atoms with Crippen molar-refractivity contribution in [1.29, 1.82) is 0 Å². The van der Waals surface area contributed by atoms with Crippen molar-refractivity contribution < 1.29 is 0 Å². The average molecular weight is 227 g/mol. The van der Waals surface area contributed by atoms with Crippen LogP contribution < -0.4 is 0 Å². The fraction of sp³-hybridized carbons (Fsp3) is 0.0909. The summed E-state index contributed by atoms with van der Waals surface area (Å²) < 4.78 is 1.76. The monoisotopic (exact) mass is 227 g/mol. The highest BCUT2D eigenvalue weighted by Crippen LogP contribution is 2.27. The summed E-state index contributed by atoms with van der Waals surface area (Å²) in [6.45, 7) is 0.106. The van der Waals surface area contributed by atoms with E-state index in [4.69, 9.17) is 0 Å². The van der Waals surface area contributed by atoms with E-state index in [1.807, 2.05) is 18.3 Å². The largest absolute Gasteiger partial charge is 0.285 e. The Labute approximate surface area is 96.3 Å². The second-order valence-electron chi connectivity index (χ2n) is 3.66. The molecule has 0 aromatic carbocycles. The Morgan fingerprint density at radius 3 is 3.12 bits per heavy atom. The van der Waals surface area contributed by atoms with Gasteiger partial charge in [-0.05, 0) is 12.1 Å². The third-order valence-electron chi connectivity index (χ3n) is 2.67. The van der Waals surface area contributed by atoms with Crippen molar-refractivity contribution in [3.63, 3.8) is 0 Å². The first-order valence-electron chi connectivity index (χ1n) is 5.13. The number of nitroso groups, excluding NO2 is 1. The molecule has 0 atom stereocenters. The first-order chi connectivity index (χ1) is 8.40. The van der Waals surface area contributed by atoms with Crippen molar-refractivity contribution in [3.05, 3.63) is 47.4 Å². The fourth-order valence-electron chi connectivity index (χ4n) is 1.94. The molecule has 0 saturated carbocycles. The lowest BCUT2D eigenvalue weighted by atomic mass is 10.0. The van der Waals surface area contributed by atoms with Gasteiger partial charge in [-0.25, -0.2) is 4.52 Å². The molecule has 0 amide bonds. The summed E-state index contributed by atoms with van der Waals surface area (Å²) in [5, 5.41) is 13.8. The molecule has 0 aliphatic carbocycles. The molecule has 84 valence electrons. The van der Waals surface area contributed by atoms with Gasteiger partial charge in [-0.15, -0.1) is 0 Å². The van der Waals surface area contributed by atoms with Crippen molar-refractivity contribution in [3.8, 4) is 11.1 Å². The van der Waals surface area contributed by atoms with Crippen LogP contribution in [0.4, 0.5) is 0 Å². The summed E-state index contributed by atoms with van der Waals surface area (Å²) in [4.78, 5) is 10.5. The van der Waals surface area contributed by atoms with Gasteiger partial charge in [-0.2, -0.15) is 15.1 Å². The first kappa shape index (κ1) is 9.71. The van der Waals surface area contributed by atoms with Gasteiger partial charge in [-0.1, -0.05) is 5.18 Å². The number of hydrogen-bond donors (Lipinski definition) is 1. The highest BCUT2D eigenvalue weighted by atomic mass is 16.3. The second kappa shape index (κ2) is 3.82. The van der Waals surface area contributed by atoms with Crippen molar-refractivity contribution in [2.45, 2.75) is 6.54 Å². The van der Waals surface area contributed by atoms with Crippen LogP contribution in [0.25, 0.3) is 16.6 Å². The molecular weight excluding hydrogens is 218 g/mol. The van der Waals surface area contributed by atoms with Crippen molar-refractivity contribution >= 4 is 5.52 Å². The number of aromatic amines is 1. The maximum Gasteiger partial charge on any atom is 0.108 e. The van der Waals surface area contributed by atoms with Crippen molar-refractivity contribution in [1.82, 2.24) is 19.8 Å². The van der Waals surface area contributed by atoms with Gasteiger partial charge in [0, 0.05) is 29.1 Å². The van der Waals surface area contributed by atoms with Crippen molar-refractivity contribution in [2.75, 3.05) is 0 Å². The summed E-state index contributed by atoms with van der Waals surface area (Å²) in [5.74, 6) is 0. The molecule has 3 aromatic heterocycles. The molecule has 0 unspecified atom stereocenters. The van der Waals surface area contributed by atoms with Gasteiger partial charge in [0.2, 0.25) is 0 Å². The Kier molecular flexibility index (Phi) is 2.18. The summed E-state index contributed by atoms with van der Waals surface area (Å²) in [6, 6.07) is 3.85. The molecule has 3 aromatic rings. The lowest BCUT2D eigenvalue weighted by Gasteiger charge is -2.06. The van der Waals surface area contributed by atoms with E-state index in [9.17, 15) is 4.91 Å². The number of H-pyrrole nitrogens is 1. The molecule has 0 saturated heterocycles. The summed E-state index contributed by atoms with van der Waals surface area (Å²) in [5.41, 5.74) is 3.60. The Morgan fingerprint density at radius 2 is 2.35 bits per heavy atom. The first-order valence-corrected chi connectivity index (χ1v) is 5.13. The van der Waals surface area contributed by atoms with Crippen LogP contribution in [0.1, 0.15) is 5.56 Å². The number of hydrogen-bond acceptors (Lipinski definition) is 4. The van der Waals surface area contributed by atoms with Crippen LogP contribution in [0.15, 0.2) is 42.1 Å². The van der Waals surface area contributed by atoms with Gasteiger partial charge in [0.25, 0.3) is 0 Å². The molecule has 17 heavy (non-hydrogen) atoms. The minimum absolute atomic E-state index is 0.106. The van der Waals surface area contributed by atoms with E-state index in [1.54, 1.807) is 23.1 Å². The molecule has 0 spiro atoms. The number of fused-ring (bicyclic) bond motifs is 1. The van der Waals surface area contributed by atoms with E-state index in [-0.39, 0.29) is 6.54 Å². The zero-order chi connectivity index (χ0) is 11.7.